The second-order valence-corrected chi connectivity index (χ2v) is 7.20. The lowest BCUT2D eigenvalue weighted by atomic mass is 9.91. The van der Waals surface area contributed by atoms with Gasteiger partial charge >= 0.3 is 12.4 Å². The van der Waals surface area contributed by atoms with Crippen LogP contribution in [-0.2, 0) is 11.2 Å². The maximum absolute atomic E-state index is 13.2. The highest BCUT2D eigenvalue weighted by Crippen LogP contribution is 2.43. The number of hydrogen-bond acceptors (Lipinski definition) is 3. The van der Waals surface area contributed by atoms with Gasteiger partial charge in [-0.2, -0.15) is 26.3 Å². The quantitative estimate of drug-likeness (QED) is 0.628. The molecule has 2 aromatic rings. The lowest BCUT2D eigenvalue weighted by molar-refractivity contribution is -0.259. The summed E-state index contributed by atoms with van der Waals surface area (Å²) in [5.41, 5.74) is -6.87. The first-order chi connectivity index (χ1) is 13.0. The molecule has 0 aliphatic heterocycles. The Labute approximate surface area is 163 Å². The standard InChI is InChI=1S/C20H20F6O3/c1-11-5-7-13(9-15(11)17(3,27)19(21,22)23)29-14-8-6-12(2)16(10-14)18(4,28)20(24,25)26/h5-10,27-28H,1-4H3. The molecule has 0 spiro atoms. The first-order valence-electron chi connectivity index (χ1n) is 8.47. The van der Waals surface area contributed by atoms with Crippen LogP contribution in [-0.4, -0.2) is 22.6 Å². The van der Waals surface area contributed by atoms with E-state index in [-0.39, 0.29) is 22.6 Å². The van der Waals surface area contributed by atoms with E-state index in [1.165, 1.54) is 38.1 Å². The van der Waals surface area contributed by atoms with Crippen molar-refractivity contribution >= 4 is 0 Å². The van der Waals surface area contributed by atoms with Gasteiger partial charge in [-0.1, -0.05) is 12.1 Å². The summed E-state index contributed by atoms with van der Waals surface area (Å²) in [4.78, 5) is 0. The Hall–Kier alpha value is -2.26. The van der Waals surface area contributed by atoms with Crippen LogP contribution in [0.5, 0.6) is 11.5 Å². The zero-order chi connectivity index (χ0) is 22.4. The molecule has 0 radical (unpaired) electrons. The minimum absolute atomic E-state index is 0.114. The third-order valence-electron chi connectivity index (χ3n) is 4.81. The van der Waals surface area contributed by atoms with Crippen molar-refractivity contribution < 1.29 is 41.3 Å². The first kappa shape index (κ1) is 23.0. The van der Waals surface area contributed by atoms with Crippen LogP contribution in [0.4, 0.5) is 26.3 Å². The van der Waals surface area contributed by atoms with E-state index in [0.717, 1.165) is 12.1 Å². The average molecular weight is 422 g/mol. The van der Waals surface area contributed by atoms with Crippen LogP contribution in [0.15, 0.2) is 36.4 Å². The maximum atomic E-state index is 13.2. The molecule has 2 atom stereocenters. The van der Waals surface area contributed by atoms with Crippen molar-refractivity contribution in [3.8, 4) is 11.5 Å². The molecule has 9 heteroatoms. The Morgan fingerprint density at radius 1 is 0.655 bits per heavy atom. The smallest absolute Gasteiger partial charge is 0.421 e. The predicted octanol–water partition coefficient (Wildman–Crippen LogP) is 5.64. The molecule has 2 unspecified atom stereocenters. The van der Waals surface area contributed by atoms with Gasteiger partial charge in [-0.15, -0.1) is 0 Å². The highest BCUT2D eigenvalue weighted by atomic mass is 19.4. The van der Waals surface area contributed by atoms with E-state index in [2.05, 4.69) is 0 Å². The minimum atomic E-state index is -4.95. The van der Waals surface area contributed by atoms with Crippen LogP contribution in [0.2, 0.25) is 0 Å². The van der Waals surface area contributed by atoms with Gasteiger partial charge in [-0.25, -0.2) is 0 Å². The van der Waals surface area contributed by atoms with Crippen molar-refractivity contribution in [3.05, 3.63) is 58.7 Å². The van der Waals surface area contributed by atoms with Gasteiger partial charge < -0.3 is 14.9 Å². The third kappa shape index (κ3) is 4.35. The number of aliphatic hydroxyl groups is 2. The van der Waals surface area contributed by atoms with Gasteiger partial charge in [-0.05, 0) is 74.2 Å². The monoisotopic (exact) mass is 422 g/mol. The molecule has 0 saturated carbocycles. The van der Waals surface area contributed by atoms with E-state index in [0.29, 0.717) is 13.8 Å². The fourth-order valence-corrected chi connectivity index (χ4v) is 2.82. The Kier molecular flexibility index (Phi) is 5.73. The Morgan fingerprint density at radius 3 is 1.24 bits per heavy atom. The molecule has 29 heavy (non-hydrogen) atoms. The van der Waals surface area contributed by atoms with Gasteiger partial charge in [0.25, 0.3) is 0 Å². The van der Waals surface area contributed by atoms with Crippen molar-refractivity contribution in [1.29, 1.82) is 0 Å². The SMILES string of the molecule is Cc1ccc(Oc2ccc(C)c(C(C)(O)C(F)(F)F)c2)cc1C(C)(O)C(F)(F)F. The molecule has 0 aliphatic rings. The van der Waals surface area contributed by atoms with Gasteiger partial charge in [0, 0.05) is 0 Å². The first-order valence-corrected chi connectivity index (χ1v) is 8.47. The summed E-state index contributed by atoms with van der Waals surface area (Å²) in [6.45, 7) is 3.96. The largest absolute Gasteiger partial charge is 0.457 e. The zero-order valence-corrected chi connectivity index (χ0v) is 16.0. The minimum Gasteiger partial charge on any atom is -0.457 e. The van der Waals surface area contributed by atoms with Crippen LogP contribution in [0.3, 0.4) is 0 Å². The summed E-state index contributed by atoms with van der Waals surface area (Å²) in [6.07, 6.45) is -9.89. The van der Waals surface area contributed by atoms with Gasteiger partial charge in [0.2, 0.25) is 0 Å². The van der Waals surface area contributed by atoms with E-state index in [1.54, 1.807) is 0 Å². The lowest BCUT2D eigenvalue weighted by Crippen LogP contribution is -2.39. The second-order valence-electron chi connectivity index (χ2n) is 7.20. The number of alkyl halides is 6. The molecule has 160 valence electrons. The molecule has 0 aliphatic carbocycles. The Balaban J connectivity index is 2.47. The van der Waals surface area contributed by atoms with Crippen LogP contribution in [0, 0.1) is 13.8 Å². The third-order valence-corrected chi connectivity index (χ3v) is 4.81. The van der Waals surface area contributed by atoms with Crippen molar-refractivity contribution in [3.63, 3.8) is 0 Å². The van der Waals surface area contributed by atoms with Crippen molar-refractivity contribution in [2.45, 2.75) is 51.2 Å². The van der Waals surface area contributed by atoms with Gasteiger partial charge in [0.05, 0.1) is 0 Å². The number of rotatable bonds is 4. The van der Waals surface area contributed by atoms with Crippen molar-refractivity contribution in [2.24, 2.45) is 0 Å². The Morgan fingerprint density at radius 2 is 0.966 bits per heavy atom. The topological polar surface area (TPSA) is 49.7 Å². The summed E-state index contributed by atoms with van der Waals surface area (Å²) in [5, 5.41) is 19.9. The summed E-state index contributed by atoms with van der Waals surface area (Å²) >= 11 is 0. The summed E-state index contributed by atoms with van der Waals surface area (Å²) in [7, 11) is 0. The fourth-order valence-electron chi connectivity index (χ4n) is 2.82. The summed E-state index contributed by atoms with van der Waals surface area (Å²) in [5.74, 6) is -0.229. The normalized spacial score (nSPS) is 16.8. The van der Waals surface area contributed by atoms with Crippen LogP contribution >= 0.6 is 0 Å². The van der Waals surface area contributed by atoms with Crippen molar-refractivity contribution in [1.82, 2.24) is 0 Å². The molecule has 2 aromatic carbocycles. The predicted molar refractivity (Wildman–Crippen MR) is 93.7 cm³/mol. The van der Waals surface area contributed by atoms with E-state index in [4.69, 9.17) is 4.74 Å². The Bertz CT molecular complexity index is 825. The second kappa shape index (κ2) is 7.21. The fraction of sp³-hybridized carbons (Fsp3) is 0.400. The molecule has 0 bridgehead atoms. The molecule has 0 saturated heterocycles. The van der Waals surface area contributed by atoms with Crippen LogP contribution in [0.25, 0.3) is 0 Å². The molecule has 0 aromatic heterocycles. The molecule has 0 amide bonds. The van der Waals surface area contributed by atoms with E-state index in [9.17, 15) is 36.6 Å². The molecular formula is C20H20F6O3. The van der Waals surface area contributed by atoms with E-state index >= 15 is 0 Å². The number of halogens is 6. The molecule has 2 N–H and O–H groups in total. The maximum Gasteiger partial charge on any atom is 0.421 e. The van der Waals surface area contributed by atoms with Crippen LogP contribution in [0.1, 0.15) is 36.1 Å². The van der Waals surface area contributed by atoms with Gasteiger partial charge in [-0.3, -0.25) is 0 Å². The number of benzene rings is 2. The summed E-state index contributed by atoms with van der Waals surface area (Å²) < 4.78 is 84.5. The molecule has 2 rings (SSSR count). The number of aryl methyl sites for hydroxylation is 2. The highest BCUT2D eigenvalue weighted by Gasteiger charge is 2.52. The number of ether oxygens (including phenoxy) is 1. The average Bonchev–Trinajstić information content (AvgIpc) is 2.56. The summed E-state index contributed by atoms with van der Waals surface area (Å²) in [6, 6.07) is 7.20. The van der Waals surface area contributed by atoms with Gasteiger partial charge in [0.1, 0.15) is 11.5 Å². The van der Waals surface area contributed by atoms with Gasteiger partial charge in [0.15, 0.2) is 11.2 Å². The number of hydrogen-bond donors (Lipinski definition) is 2. The zero-order valence-electron chi connectivity index (χ0n) is 16.0. The lowest BCUT2D eigenvalue weighted by Gasteiger charge is -2.29. The van der Waals surface area contributed by atoms with Crippen LogP contribution < -0.4 is 4.74 Å². The molecule has 3 nitrogen and oxygen atoms in total. The van der Waals surface area contributed by atoms with E-state index < -0.39 is 34.7 Å². The molecular weight excluding hydrogens is 402 g/mol. The molecule has 0 heterocycles. The molecule has 0 fully saturated rings. The van der Waals surface area contributed by atoms with Crippen molar-refractivity contribution in [2.75, 3.05) is 0 Å². The van der Waals surface area contributed by atoms with E-state index in [1.807, 2.05) is 0 Å². The highest BCUT2D eigenvalue weighted by molar-refractivity contribution is 5.44.